The summed E-state index contributed by atoms with van der Waals surface area (Å²) in [6.07, 6.45) is 6.67. The highest BCUT2D eigenvalue weighted by Gasteiger charge is 2.32. The van der Waals surface area contributed by atoms with Crippen molar-refractivity contribution >= 4 is 17.1 Å². The van der Waals surface area contributed by atoms with E-state index in [1.807, 2.05) is 17.3 Å². The Morgan fingerprint density at radius 3 is 2.30 bits per heavy atom. The molecule has 43 heavy (non-hydrogen) atoms. The van der Waals surface area contributed by atoms with Gasteiger partial charge in [-0.05, 0) is 45.0 Å². The van der Waals surface area contributed by atoms with E-state index >= 15 is 0 Å². The van der Waals surface area contributed by atoms with Gasteiger partial charge in [0.2, 0.25) is 5.91 Å². The quantitative estimate of drug-likeness (QED) is 0.278. The minimum absolute atomic E-state index is 0.0156. The van der Waals surface area contributed by atoms with E-state index < -0.39 is 0 Å². The van der Waals surface area contributed by atoms with Crippen molar-refractivity contribution in [2.45, 2.75) is 38.8 Å². The number of benzene rings is 2. The lowest BCUT2D eigenvalue weighted by Crippen LogP contribution is -2.35. The van der Waals surface area contributed by atoms with Crippen LogP contribution in [0.4, 0.5) is 0 Å². The molecule has 1 fully saturated rings. The molecule has 10 nitrogen and oxygen atoms in total. The summed E-state index contributed by atoms with van der Waals surface area (Å²) in [4.78, 5) is 32.5. The zero-order valence-corrected chi connectivity index (χ0v) is 24.7. The number of carbonyl (C=O) groups is 1. The number of amides is 1. The van der Waals surface area contributed by atoms with E-state index in [0.717, 1.165) is 100 Å². The van der Waals surface area contributed by atoms with Crippen molar-refractivity contribution < 1.29 is 14.3 Å². The van der Waals surface area contributed by atoms with E-state index in [2.05, 4.69) is 75.2 Å². The summed E-state index contributed by atoms with van der Waals surface area (Å²) in [6, 6.07) is 12.5. The van der Waals surface area contributed by atoms with Gasteiger partial charge in [-0.1, -0.05) is 31.2 Å². The lowest BCUT2D eigenvalue weighted by atomic mass is 9.89. The van der Waals surface area contributed by atoms with Crippen LogP contribution in [0.15, 0.2) is 48.8 Å². The highest BCUT2D eigenvalue weighted by atomic mass is 16.5. The Morgan fingerprint density at radius 1 is 1.00 bits per heavy atom. The Balaban J connectivity index is 1.11. The summed E-state index contributed by atoms with van der Waals surface area (Å²) >= 11 is 0. The van der Waals surface area contributed by atoms with Crippen LogP contribution in [0.2, 0.25) is 0 Å². The Labute approximate surface area is 250 Å². The molecule has 0 radical (unpaired) electrons. The van der Waals surface area contributed by atoms with Crippen LogP contribution in [-0.4, -0.2) is 75.5 Å². The standard InChI is InChI=1S/C33H37N7O3/c1-3-10-39(2)17-31-35-15-26(37-31)20-6-8-22-24-19-43-30-13-21(7-9-23(30)25(24)18-42-29(22)12-20)27-16-36-33(38-27)28-5-4-11-40(28)32(41)14-34/h6-9,12-13,15-16,28H,3-5,10-11,14,17-19,34H2,1-2H3,(H,35,37)(H,36,38). The van der Waals surface area contributed by atoms with Gasteiger partial charge >= 0.3 is 0 Å². The maximum absolute atomic E-state index is 12.3. The van der Waals surface area contributed by atoms with Gasteiger partial charge < -0.3 is 30.1 Å². The number of fused-ring (bicyclic) bond motifs is 4. The van der Waals surface area contributed by atoms with Crippen molar-refractivity contribution in [3.05, 3.63) is 71.6 Å². The second kappa shape index (κ2) is 11.3. The van der Waals surface area contributed by atoms with Crippen LogP contribution in [-0.2, 0) is 11.3 Å². The van der Waals surface area contributed by atoms with Crippen LogP contribution in [0, 0.1) is 0 Å². The maximum atomic E-state index is 12.3. The smallest absolute Gasteiger partial charge is 0.236 e. The molecule has 2 aromatic carbocycles. The Bertz CT molecular complexity index is 1700. The molecule has 1 amide bonds. The average molecular weight is 580 g/mol. The van der Waals surface area contributed by atoms with E-state index in [4.69, 9.17) is 15.2 Å². The molecule has 222 valence electrons. The van der Waals surface area contributed by atoms with Crippen molar-refractivity contribution in [2.24, 2.45) is 5.73 Å². The van der Waals surface area contributed by atoms with Crippen LogP contribution < -0.4 is 15.2 Å². The first-order chi connectivity index (χ1) is 21.0. The van der Waals surface area contributed by atoms with Crippen molar-refractivity contribution in [3.8, 4) is 34.0 Å². The largest absolute Gasteiger partial charge is 0.488 e. The van der Waals surface area contributed by atoms with Crippen LogP contribution in [0.25, 0.3) is 33.7 Å². The van der Waals surface area contributed by atoms with Crippen molar-refractivity contribution in [2.75, 3.05) is 39.9 Å². The molecule has 1 unspecified atom stereocenters. The molecule has 10 heteroatoms. The first-order valence-corrected chi connectivity index (χ1v) is 15.1. The number of likely N-dealkylation sites (tertiary alicyclic amines) is 1. The lowest BCUT2D eigenvalue weighted by Gasteiger charge is -2.30. The average Bonchev–Trinajstić information content (AvgIpc) is 3.81. The summed E-state index contributed by atoms with van der Waals surface area (Å²) in [6.45, 7) is 5.71. The molecule has 2 aromatic heterocycles. The molecular weight excluding hydrogens is 542 g/mol. The summed E-state index contributed by atoms with van der Waals surface area (Å²) in [7, 11) is 2.11. The molecule has 4 N–H and O–H groups in total. The van der Waals surface area contributed by atoms with E-state index in [1.165, 1.54) is 0 Å². The number of aromatic amines is 2. The number of hydrogen-bond donors (Lipinski definition) is 3. The monoisotopic (exact) mass is 579 g/mol. The first-order valence-electron chi connectivity index (χ1n) is 15.1. The third-order valence-corrected chi connectivity index (χ3v) is 8.66. The number of nitrogens with one attached hydrogen (secondary N) is 2. The first kappa shape index (κ1) is 27.4. The number of nitrogens with zero attached hydrogens (tertiary/aromatic N) is 4. The minimum atomic E-state index is -0.0609. The summed E-state index contributed by atoms with van der Waals surface area (Å²) < 4.78 is 12.6. The van der Waals surface area contributed by atoms with E-state index in [0.29, 0.717) is 19.8 Å². The van der Waals surface area contributed by atoms with Crippen molar-refractivity contribution in [1.82, 2.24) is 29.7 Å². The fraction of sp³-hybridized carbons (Fsp3) is 0.364. The van der Waals surface area contributed by atoms with Gasteiger partial charge in [0, 0.05) is 39.9 Å². The van der Waals surface area contributed by atoms with Gasteiger partial charge in [0.05, 0.1) is 42.9 Å². The Hall–Kier alpha value is -4.41. The minimum Gasteiger partial charge on any atom is -0.488 e. The van der Waals surface area contributed by atoms with Crippen LogP contribution in [0.1, 0.15) is 55.0 Å². The van der Waals surface area contributed by atoms with Gasteiger partial charge in [-0.3, -0.25) is 9.69 Å². The molecule has 1 saturated heterocycles. The molecule has 4 aromatic rings. The molecule has 0 bridgehead atoms. The van der Waals surface area contributed by atoms with E-state index in [1.54, 1.807) is 0 Å². The van der Waals surface area contributed by atoms with E-state index in [9.17, 15) is 4.79 Å². The van der Waals surface area contributed by atoms with E-state index in [-0.39, 0.29) is 18.5 Å². The number of rotatable bonds is 8. The van der Waals surface area contributed by atoms with Gasteiger partial charge in [0.1, 0.15) is 36.4 Å². The van der Waals surface area contributed by atoms with Gasteiger partial charge in [0.15, 0.2) is 0 Å². The van der Waals surface area contributed by atoms with Crippen LogP contribution in [0.3, 0.4) is 0 Å². The Kier molecular flexibility index (Phi) is 7.24. The fourth-order valence-electron chi connectivity index (χ4n) is 6.50. The number of ether oxygens (including phenoxy) is 2. The third-order valence-electron chi connectivity index (χ3n) is 8.66. The SMILES string of the molecule is CCCN(C)Cc1ncc(-c2ccc3c(c2)OCC2=C3COc3cc(-c4cnc(C5CCCN5C(=O)CN)[nH]4)ccc32)[nH]1. The summed E-state index contributed by atoms with van der Waals surface area (Å²) in [5.74, 6) is 3.40. The Morgan fingerprint density at radius 2 is 1.65 bits per heavy atom. The predicted octanol–water partition coefficient (Wildman–Crippen LogP) is 4.63. The molecule has 7 rings (SSSR count). The third kappa shape index (κ3) is 5.10. The number of carbonyl (C=O) groups excluding carboxylic acids is 1. The number of hydrogen-bond acceptors (Lipinski definition) is 7. The summed E-state index contributed by atoms with van der Waals surface area (Å²) in [5, 5.41) is 0. The van der Waals surface area contributed by atoms with Crippen LogP contribution in [0.5, 0.6) is 11.5 Å². The second-order valence-corrected chi connectivity index (χ2v) is 11.6. The normalized spacial score (nSPS) is 17.4. The van der Waals surface area contributed by atoms with Gasteiger partial charge in [-0.25, -0.2) is 9.97 Å². The van der Waals surface area contributed by atoms with Gasteiger partial charge in [0.25, 0.3) is 0 Å². The van der Waals surface area contributed by atoms with Gasteiger partial charge in [-0.2, -0.15) is 0 Å². The number of H-pyrrole nitrogens is 2. The lowest BCUT2D eigenvalue weighted by molar-refractivity contribution is -0.130. The molecule has 3 aliphatic heterocycles. The highest BCUT2D eigenvalue weighted by Crippen LogP contribution is 2.45. The molecule has 5 heterocycles. The molecule has 0 aliphatic carbocycles. The summed E-state index contributed by atoms with van der Waals surface area (Å²) in [5.41, 5.74) is 14.0. The number of aromatic nitrogens is 4. The molecular formula is C33H37N7O3. The van der Waals surface area contributed by atoms with Crippen molar-refractivity contribution in [1.29, 1.82) is 0 Å². The zero-order valence-electron chi connectivity index (χ0n) is 24.7. The fourth-order valence-corrected chi connectivity index (χ4v) is 6.50. The molecule has 1 atom stereocenters. The highest BCUT2D eigenvalue weighted by molar-refractivity contribution is 5.98. The number of nitrogens with two attached hydrogens (primary N) is 1. The molecule has 0 spiro atoms. The second-order valence-electron chi connectivity index (χ2n) is 11.6. The van der Waals surface area contributed by atoms with Crippen molar-refractivity contribution in [3.63, 3.8) is 0 Å². The maximum Gasteiger partial charge on any atom is 0.236 e. The molecule has 0 saturated carbocycles. The van der Waals surface area contributed by atoms with Gasteiger partial charge in [-0.15, -0.1) is 0 Å². The molecule has 3 aliphatic rings. The zero-order chi connectivity index (χ0) is 29.5. The topological polar surface area (TPSA) is 125 Å². The van der Waals surface area contributed by atoms with Crippen LogP contribution >= 0.6 is 0 Å². The number of imidazole rings is 2. The predicted molar refractivity (Wildman–Crippen MR) is 165 cm³/mol.